The van der Waals surface area contributed by atoms with Crippen LogP contribution in [0.4, 0.5) is 0 Å². The zero-order valence-electron chi connectivity index (χ0n) is 12.3. The molecule has 3 N–H and O–H groups in total. The second-order valence-electron chi connectivity index (χ2n) is 5.84. The molecule has 0 bridgehead atoms. The van der Waals surface area contributed by atoms with E-state index >= 15 is 0 Å². The number of carbonyl (C=O) groups excluding carboxylic acids is 1. The van der Waals surface area contributed by atoms with E-state index < -0.39 is 11.6 Å². The number of ether oxygens (including phenoxy) is 1. The first-order valence-corrected chi connectivity index (χ1v) is 6.67. The maximum Gasteiger partial charge on any atom is 0.338 e. The van der Waals surface area contributed by atoms with Gasteiger partial charge in [-0.3, -0.25) is 5.41 Å². The van der Waals surface area contributed by atoms with Gasteiger partial charge in [0, 0.05) is 23.8 Å². The summed E-state index contributed by atoms with van der Waals surface area (Å²) in [6.45, 7) is 5.40. The zero-order valence-corrected chi connectivity index (χ0v) is 12.3. The van der Waals surface area contributed by atoms with E-state index in [9.17, 15) is 4.79 Å². The molecule has 1 heterocycles. The Kier molecular flexibility index (Phi) is 3.97. The smallest absolute Gasteiger partial charge is 0.338 e. The van der Waals surface area contributed by atoms with Crippen LogP contribution in [0.5, 0.6) is 0 Å². The third-order valence-electron chi connectivity index (χ3n) is 2.91. The summed E-state index contributed by atoms with van der Waals surface area (Å²) in [4.78, 5) is 17.3. The van der Waals surface area contributed by atoms with Crippen molar-refractivity contribution < 1.29 is 14.4 Å². The van der Waals surface area contributed by atoms with Gasteiger partial charge in [0.15, 0.2) is 6.10 Å². The van der Waals surface area contributed by atoms with Crippen LogP contribution in [0, 0.1) is 5.41 Å². The molecule has 6 nitrogen and oxygen atoms in total. The van der Waals surface area contributed by atoms with Gasteiger partial charge in [0.25, 0.3) is 0 Å². The highest BCUT2D eigenvalue weighted by Gasteiger charge is 2.24. The first-order valence-electron chi connectivity index (χ1n) is 6.67. The van der Waals surface area contributed by atoms with Crippen LogP contribution in [-0.4, -0.2) is 23.6 Å². The van der Waals surface area contributed by atoms with Crippen molar-refractivity contribution in [2.75, 3.05) is 0 Å². The molecule has 1 aliphatic heterocycles. The summed E-state index contributed by atoms with van der Waals surface area (Å²) in [6, 6.07) is 4.94. The van der Waals surface area contributed by atoms with E-state index in [1.165, 1.54) is 0 Å². The Hall–Kier alpha value is -2.37. The summed E-state index contributed by atoms with van der Waals surface area (Å²) < 4.78 is 5.32. The summed E-state index contributed by atoms with van der Waals surface area (Å²) in [5.74, 6) is -0.564. The molecule has 1 aromatic carbocycles. The molecule has 0 fully saturated rings. The first kappa shape index (κ1) is 15.0. The molecule has 2 rings (SSSR count). The lowest BCUT2D eigenvalue weighted by molar-refractivity contribution is 0.00693. The van der Waals surface area contributed by atoms with E-state index in [1.54, 1.807) is 45.2 Å². The monoisotopic (exact) mass is 289 g/mol. The van der Waals surface area contributed by atoms with E-state index in [4.69, 9.17) is 20.7 Å². The van der Waals surface area contributed by atoms with E-state index in [1.807, 2.05) is 0 Å². The van der Waals surface area contributed by atoms with Crippen molar-refractivity contribution >= 4 is 18.0 Å². The predicted molar refractivity (Wildman–Crippen MR) is 79.6 cm³/mol. The molecule has 112 valence electrons. The van der Waals surface area contributed by atoms with Gasteiger partial charge < -0.3 is 15.3 Å². The fraction of sp³-hybridized carbons (Fsp3) is 0.400. The van der Waals surface area contributed by atoms with Crippen LogP contribution < -0.4 is 5.73 Å². The topological polar surface area (TPSA) is 97.8 Å². The molecule has 1 atom stereocenters. The Labute approximate surface area is 123 Å². The third-order valence-corrected chi connectivity index (χ3v) is 2.91. The molecule has 0 amide bonds. The average molecular weight is 289 g/mol. The molecule has 1 aromatic rings. The zero-order chi connectivity index (χ0) is 15.6. The van der Waals surface area contributed by atoms with Crippen molar-refractivity contribution in [2.45, 2.75) is 38.9 Å². The molecule has 0 saturated heterocycles. The van der Waals surface area contributed by atoms with Gasteiger partial charge in [-0.2, -0.15) is 0 Å². The number of benzene rings is 1. The summed E-state index contributed by atoms with van der Waals surface area (Å²) in [5.41, 5.74) is 6.61. The predicted octanol–water partition coefficient (Wildman–Crippen LogP) is 2.37. The van der Waals surface area contributed by atoms with Crippen LogP contribution in [0.3, 0.4) is 0 Å². The molecule has 6 heteroatoms. The fourth-order valence-electron chi connectivity index (χ4n) is 2.02. The molecule has 1 aliphatic rings. The van der Waals surface area contributed by atoms with E-state index in [0.717, 1.165) is 5.56 Å². The summed E-state index contributed by atoms with van der Waals surface area (Å²) >= 11 is 0. The lowest BCUT2D eigenvalue weighted by Gasteiger charge is -2.20. The van der Waals surface area contributed by atoms with Crippen LogP contribution in [0.25, 0.3) is 0 Å². The van der Waals surface area contributed by atoms with Gasteiger partial charge in [0.1, 0.15) is 11.4 Å². The van der Waals surface area contributed by atoms with Crippen LogP contribution in [0.15, 0.2) is 23.4 Å². The van der Waals surface area contributed by atoms with Gasteiger partial charge in [-0.25, -0.2) is 4.79 Å². The van der Waals surface area contributed by atoms with E-state index in [0.29, 0.717) is 17.5 Å². The number of hydrogen-bond donors (Lipinski definition) is 2. The molecule has 0 aliphatic carbocycles. The number of nitrogens with one attached hydrogen (secondary N) is 1. The Morgan fingerprint density at radius 1 is 1.48 bits per heavy atom. The number of nitrogen functional groups attached to an aromatic ring is 1. The van der Waals surface area contributed by atoms with Gasteiger partial charge in [0.05, 0.1) is 5.56 Å². The van der Waals surface area contributed by atoms with Crippen molar-refractivity contribution in [2.24, 2.45) is 10.9 Å². The SMILES string of the molecule is CC(C)(C)OC(=O)c1ccc(C2CC=NO2)c(C(=N)N)c1. The Balaban J connectivity index is 2.32. The van der Waals surface area contributed by atoms with Gasteiger partial charge in [-0.1, -0.05) is 11.2 Å². The van der Waals surface area contributed by atoms with Gasteiger partial charge in [-0.15, -0.1) is 0 Å². The number of nitrogens with zero attached hydrogens (tertiary/aromatic N) is 1. The molecular formula is C15H19N3O3. The largest absolute Gasteiger partial charge is 0.456 e. The summed E-state index contributed by atoms with van der Waals surface area (Å²) in [6.07, 6.45) is 2.01. The molecule has 0 spiro atoms. The van der Waals surface area contributed by atoms with Gasteiger partial charge in [-0.05, 0) is 32.9 Å². The minimum atomic E-state index is -0.575. The van der Waals surface area contributed by atoms with Crippen molar-refractivity contribution in [3.05, 3.63) is 34.9 Å². The lowest BCUT2D eigenvalue weighted by atomic mass is 9.97. The van der Waals surface area contributed by atoms with Crippen molar-refractivity contribution in [3.63, 3.8) is 0 Å². The van der Waals surface area contributed by atoms with Crippen LogP contribution in [-0.2, 0) is 9.57 Å². The Morgan fingerprint density at radius 2 is 2.19 bits per heavy atom. The lowest BCUT2D eigenvalue weighted by Crippen LogP contribution is -2.24. The quantitative estimate of drug-likeness (QED) is 0.507. The van der Waals surface area contributed by atoms with E-state index in [-0.39, 0.29) is 11.9 Å². The van der Waals surface area contributed by atoms with Crippen LogP contribution in [0.2, 0.25) is 0 Å². The third kappa shape index (κ3) is 3.59. The first-order chi connectivity index (χ1) is 9.78. The number of esters is 1. The Bertz CT molecular complexity index is 595. The number of rotatable bonds is 3. The summed E-state index contributed by atoms with van der Waals surface area (Å²) in [5, 5.41) is 11.4. The minimum absolute atomic E-state index is 0.120. The van der Waals surface area contributed by atoms with Crippen LogP contribution in [0.1, 0.15) is 54.8 Å². The van der Waals surface area contributed by atoms with Gasteiger partial charge in [0.2, 0.25) is 0 Å². The number of oxime groups is 1. The second kappa shape index (κ2) is 5.55. The normalized spacial score (nSPS) is 17.4. The van der Waals surface area contributed by atoms with E-state index in [2.05, 4.69) is 5.16 Å². The summed E-state index contributed by atoms with van der Waals surface area (Å²) in [7, 11) is 0. The fourth-order valence-corrected chi connectivity index (χ4v) is 2.02. The molecule has 0 radical (unpaired) electrons. The molecule has 0 aromatic heterocycles. The molecular weight excluding hydrogens is 270 g/mol. The van der Waals surface area contributed by atoms with Crippen molar-refractivity contribution in [3.8, 4) is 0 Å². The molecule has 21 heavy (non-hydrogen) atoms. The van der Waals surface area contributed by atoms with Crippen LogP contribution >= 0.6 is 0 Å². The number of hydrogen-bond acceptors (Lipinski definition) is 5. The Morgan fingerprint density at radius 3 is 2.71 bits per heavy atom. The van der Waals surface area contributed by atoms with Gasteiger partial charge >= 0.3 is 5.97 Å². The highest BCUT2D eigenvalue weighted by atomic mass is 16.6. The number of amidine groups is 1. The number of carbonyl (C=O) groups is 1. The van der Waals surface area contributed by atoms with Crippen molar-refractivity contribution in [1.82, 2.24) is 0 Å². The molecule has 0 saturated carbocycles. The maximum atomic E-state index is 12.1. The molecule has 1 unspecified atom stereocenters. The number of nitrogens with two attached hydrogens (primary N) is 1. The van der Waals surface area contributed by atoms with Crippen molar-refractivity contribution in [1.29, 1.82) is 5.41 Å². The highest BCUT2D eigenvalue weighted by Crippen LogP contribution is 2.28. The minimum Gasteiger partial charge on any atom is -0.456 e. The maximum absolute atomic E-state index is 12.1. The standard InChI is InChI=1S/C15H19N3O3/c1-15(2,3)20-14(19)9-4-5-10(11(8-9)13(16)17)12-6-7-18-21-12/h4-5,7-8,12H,6H2,1-3H3,(H3,16,17). The second-order valence-corrected chi connectivity index (χ2v) is 5.84. The average Bonchev–Trinajstić information content (AvgIpc) is 2.89. The highest BCUT2D eigenvalue weighted by molar-refractivity contribution is 6.00.